The smallest absolute Gasteiger partial charge is 1.00 e. The topological polar surface area (TPSA) is 0 Å². The van der Waals surface area contributed by atoms with Crippen LogP contribution in [0.5, 0.6) is 0 Å². The summed E-state index contributed by atoms with van der Waals surface area (Å²) < 4.78 is 3.62. The van der Waals surface area contributed by atoms with Gasteiger partial charge in [-0.2, -0.15) is 0 Å². The standard InChI is InChI=1S/C11H17.C5H5.Hf.2H/c1-6-11(5)7-8(2)9(3)10(11)4;1-2-4-5-3-1;;;/h6H2,1-5H3;1-3H,4H2;;;/q;;+2;2*-1. The Morgan fingerprint density at radius 3 is 2.53 bits per heavy atom. The maximum absolute atomic E-state index is 2.47. The van der Waals surface area contributed by atoms with Gasteiger partial charge >= 0.3 is 117 Å². The van der Waals surface area contributed by atoms with Gasteiger partial charge in [0, 0.05) is 0 Å². The molecule has 17 heavy (non-hydrogen) atoms. The Kier molecular flexibility index (Phi) is 3.77. The van der Waals surface area contributed by atoms with Gasteiger partial charge in [0.25, 0.3) is 0 Å². The normalized spacial score (nSPS) is 27.9. The molecule has 0 bridgehead atoms. The third kappa shape index (κ3) is 2.12. The third-order valence-corrected chi connectivity index (χ3v) is 11.4. The van der Waals surface area contributed by atoms with E-state index in [1.807, 2.05) is 3.33 Å². The molecule has 0 nitrogen and oxygen atoms in total. The van der Waals surface area contributed by atoms with Crippen LogP contribution in [-0.2, 0) is 22.9 Å². The maximum Gasteiger partial charge on any atom is -1.00 e. The van der Waals surface area contributed by atoms with Crippen molar-refractivity contribution in [2.24, 2.45) is 5.41 Å². The van der Waals surface area contributed by atoms with Gasteiger partial charge in [-0.1, -0.05) is 0 Å². The summed E-state index contributed by atoms with van der Waals surface area (Å²) in [5.41, 5.74) is 5.22. The first kappa shape index (κ1) is 13.3. The van der Waals surface area contributed by atoms with E-state index in [4.69, 9.17) is 0 Å². The van der Waals surface area contributed by atoms with E-state index in [0.29, 0.717) is 5.41 Å². The van der Waals surface area contributed by atoms with Gasteiger partial charge in [-0.25, -0.2) is 0 Å². The molecule has 2 aliphatic rings. The van der Waals surface area contributed by atoms with E-state index in [9.17, 15) is 0 Å². The van der Waals surface area contributed by atoms with Gasteiger partial charge in [-0.05, 0) is 0 Å². The Morgan fingerprint density at radius 2 is 2.00 bits per heavy atom. The minimum absolute atomic E-state index is 0. The van der Waals surface area contributed by atoms with Crippen LogP contribution in [0.15, 0.2) is 41.6 Å². The zero-order valence-electron chi connectivity index (χ0n) is 13.6. The van der Waals surface area contributed by atoms with Crippen LogP contribution in [-0.4, -0.2) is 0 Å². The first-order chi connectivity index (χ1) is 8.00. The van der Waals surface area contributed by atoms with Crippen LogP contribution >= 0.6 is 0 Å². The quantitative estimate of drug-likeness (QED) is 0.579. The largest absolute Gasteiger partial charge is 1.00 e. The van der Waals surface area contributed by atoms with E-state index in [-0.39, 0.29) is 2.85 Å². The van der Waals surface area contributed by atoms with Gasteiger partial charge in [-0.15, -0.1) is 0 Å². The van der Waals surface area contributed by atoms with E-state index in [1.165, 1.54) is 12.8 Å². The molecule has 0 radical (unpaired) electrons. The molecular formula is C16H24Hf. The molecule has 0 aliphatic heterocycles. The summed E-state index contributed by atoms with van der Waals surface area (Å²) in [6.45, 7) is 11.8. The molecule has 1 atom stereocenters. The summed E-state index contributed by atoms with van der Waals surface area (Å²) in [6.07, 6.45) is 9.42. The first-order valence-electron chi connectivity index (χ1n) is 6.53. The molecule has 0 aromatic heterocycles. The fourth-order valence-electron chi connectivity index (χ4n) is 2.86. The Hall–Kier alpha value is -0.170. The summed E-state index contributed by atoms with van der Waals surface area (Å²) >= 11 is -0.781. The molecule has 0 heterocycles. The van der Waals surface area contributed by atoms with Gasteiger partial charge in [0.05, 0.1) is 0 Å². The molecule has 0 aromatic carbocycles. The van der Waals surface area contributed by atoms with Gasteiger partial charge in [-0.3, -0.25) is 0 Å². The molecule has 1 heteroatoms. The van der Waals surface area contributed by atoms with Crippen molar-refractivity contribution in [1.29, 1.82) is 0 Å². The molecule has 0 saturated heterocycles. The van der Waals surface area contributed by atoms with Crippen LogP contribution in [0, 0.1) is 5.41 Å². The first-order valence-corrected chi connectivity index (χ1v) is 10.1. The molecule has 0 spiro atoms. The van der Waals surface area contributed by atoms with E-state index in [0.717, 1.165) is 0 Å². The second kappa shape index (κ2) is 4.84. The minimum atomic E-state index is -0.781. The number of rotatable bonds is 3. The fourth-order valence-corrected chi connectivity index (χ4v) is 9.09. The summed E-state index contributed by atoms with van der Waals surface area (Å²) in [6, 6.07) is 0. The monoisotopic (exact) mass is 396 g/mol. The van der Waals surface area contributed by atoms with Crippen molar-refractivity contribution in [2.45, 2.75) is 47.5 Å². The zero-order valence-corrected chi connectivity index (χ0v) is 15.2. The SMILES string of the molecule is CCC1(C)C(C)=C(C)C(C)=[C]1[Hf+2][C]1=CC=CC1.[H-].[H-]. The molecule has 0 amide bonds. The molecule has 2 aliphatic carbocycles. The number of hydrogen-bond acceptors (Lipinski definition) is 0. The minimum Gasteiger partial charge on any atom is -1.00 e. The predicted molar refractivity (Wildman–Crippen MR) is 73.5 cm³/mol. The van der Waals surface area contributed by atoms with Gasteiger partial charge in [0.15, 0.2) is 0 Å². The summed E-state index contributed by atoms with van der Waals surface area (Å²) in [4.78, 5) is 0. The summed E-state index contributed by atoms with van der Waals surface area (Å²) in [5, 5.41) is 0. The van der Waals surface area contributed by atoms with Crippen LogP contribution in [0.2, 0.25) is 0 Å². The average Bonchev–Trinajstić information content (AvgIpc) is 2.89. The molecule has 0 N–H and O–H groups in total. The van der Waals surface area contributed by atoms with Gasteiger partial charge in [0.1, 0.15) is 0 Å². The van der Waals surface area contributed by atoms with E-state index >= 15 is 0 Å². The summed E-state index contributed by atoms with van der Waals surface area (Å²) in [7, 11) is 0. The zero-order chi connectivity index (χ0) is 12.6. The second-order valence-corrected chi connectivity index (χ2v) is 10.4. The molecule has 1 unspecified atom stereocenters. The molecular weight excluding hydrogens is 371 g/mol. The molecule has 92 valence electrons. The van der Waals surface area contributed by atoms with Crippen LogP contribution in [0.4, 0.5) is 0 Å². The Bertz CT molecular complexity index is 469. The Balaban J connectivity index is 0.00000162. The van der Waals surface area contributed by atoms with Crippen LogP contribution in [0.3, 0.4) is 0 Å². The van der Waals surface area contributed by atoms with Crippen molar-refractivity contribution in [3.8, 4) is 0 Å². The molecule has 0 fully saturated rings. The Labute approximate surface area is 120 Å². The van der Waals surface area contributed by atoms with Crippen molar-refractivity contribution in [3.05, 3.63) is 41.6 Å². The number of hydrogen-bond donors (Lipinski definition) is 0. The van der Waals surface area contributed by atoms with Gasteiger partial charge in [0.2, 0.25) is 0 Å². The van der Waals surface area contributed by atoms with E-state index in [1.54, 1.807) is 20.0 Å². The van der Waals surface area contributed by atoms with E-state index < -0.39 is 22.9 Å². The van der Waals surface area contributed by atoms with Crippen molar-refractivity contribution in [1.82, 2.24) is 0 Å². The molecule has 2 rings (SSSR count). The van der Waals surface area contributed by atoms with Crippen molar-refractivity contribution < 1.29 is 25.8 Å². The van der Waals surface area contributed by atoms with Crippen LogP contribution < -0.4 is 0 Å². The molecule has 0 aromatic rings. The van der Waals surface area contributed by atoms with Crippen molar-refractivity contribution in [3.63, 3.8) is 0 Å². The molecule has 0 saturated carbocycles. The fraction of sp³-hybridized carbons (Fsp3) is 0.500. The maximum atomic E-state index is 2.47. The Morgan fingerprint density at radius 1 is 1.29 bits per heavy atom. The number of allylic oxidation sites excluding steroid dienone is 8. The second-order valence-electron chi connectivity index (χ2n) is 5.38. The van der Waals surface area contributed by atoms with Crippen LogP contribution in [0.25, 0.3) is 0 Å². The third-order valence-electron chi connectivity index (χ3n) is 4.64. The van der Waals surface area contributed by atoms with E-state index in [2.05, 4.69) is 52.8 Å². The van der Waals surface area contributed by atoms with Crippen molar-refractivity contribution in [2.75, 3.05) is 0 Å². The average molecular weight is 395 g/mol. The predicted octanol–water partition coefficient (Wildman–Crippen LogP) is 5.18. The van der Waals surface area contributed by atoms with Crippen LogP contribution in [0.1, 0.15) is 50.3 Å². The van der Waals surface area contributed by atoms with Gasteiger partial charge < -0.3 is 2.85 Å². The van der Waals surface area contributed by atoms with Crippen molar-refractivity contribution >= 4 is 0 Å². The summed E-state index contributed by atoms with van der Waals surface area (Å²) in [5.74, 6) is 0.